The molecule has 0 atom stereocenters. The third-order valence-electron chi connectivity index (χ3n) is 4.58. The summed E-state index contributed by atoms with van der Waals surface area (Å²) in [5, 5.41) is 0.739. The predicted octanol–water partition coefficient (Wildman–Crippen LogP) is 6.21. The van der Waals surface area contributed by atoms with Gasteiger partial charge >= 0.3 is 0 Å². The molecule has 0 spiro atoms. The number of amidine groups is 1. The summed E-state index contributed by atoms with van der Waals surface area (Å²) in [6, 6.07) is 15.8. The molecule has 0 aromatic heterocycles. The predicted molar refractivity (Wildman–Crippen MR) is 125 cm³/mol. The summed E-state index contributed by atoms with van der Waals surface area (Å²) in [6.07, 6.45) is 7.20. The van der Waals surface area contributed by atoms with E-state index in [1.165, 1.54) is 16.7 Å². The summed E-state index contributed by atoms with van der Waals surface area (Å²) in [5.41, 5.74) is 1.84. The number of methoxy groups -OCH3 is 1. The van der Waals surface area contributed by atoms with Crippen molar-refractivity contribution in [3.05, 3.63) is 59.0 Å². The van der Waals surface area contributed by atoms with Crippen molar-refractivity contribution < 1.29 is 9.53 Å². The monoisotopic (exact) mass is 426 g/mol. The molecule has 0 unspecified atom stereocenters. The first kappa shape index (κ1) is 21.5. The Hall–Kier alpha value is -2.18. The molecule has 3 rings (SSSR count). The second-order valence-electron chi connectivity index (χ2n) is 6.64. The van der Waals surface area contributed by atoms with Crippen molar-refractivity contribution in [2.45, 2.75) is 31.1 Å². The third-order valence-corrected chi connectivity index (χ3v) is 6.33. The summed E-state index contributed by atoms with van der Waals surface area (Å²) >= 11 is 3.15. The molecular formula is C23H26N2O2S2. The Labute approximate surface area is 181 Å². The fourth-order valence-corrected chi connectivity index (χ4v) is 4.36. The lowest BCUT2D eigenvalue weighted by Gasteiger charge is -2.15. The summed E-state index contributed by atoms with van der Waals surface area (Å²) in [6.45, 7) is 2.86. The second kappa shape index (κ2) is 10.6. The van der Waals surface area contributed by atoms with E-state index in [0.29, 0.717) is 11.4 Å². The fraction of sp³-hybridized carbons (Fsp3) is 0.304. The van der Waals surface area contributed by atoms with E-state index >= 15 is 0 Å². The first-order chi connectivity index (χ1) is 14.1. The lowest BCUT2D eigenvalue weighted by atomic mass is 10.2. The average Bonchev–Trinajstić information content (AvgIpc) is 3.04. The minimum absolute atomic E-state index is 0.0345. The molecule has 2 aromatic carbocycles. The highest BCUT2D eigenvalue weighted by molar-refractivity contribution is 8.18. The van der Waals surface area contributed by atoms with Crippen LogP contribution in [0.2, 0.25) is 0 Å². The summed E-state index contributed by atoms with van der Waals surface area (Å²) in [7, 11) is 1.64. The molecule has 0 N–H and O–H groups in total. The van der Waals surface area contributed by atoms with Crippen LogP contribution in [0.1, 0.15) is 31.7 Å². The SMILES string of the molecule is CCCCCN1C(=O)/C(=C\c2ccc(SC)cc2)SC1=Nc1ccc(OC)cc1. The first-order valence-electron chi connectivity index (χ1n) is 9.72. The van der Waals surface area contributed by atoms with E-state index in [4.69, 9.17) is 9.73 Å². The van der Waals surface area contributed by atoms with E-state index in [1.54, 1.807) is 18.9 Å². The Morgan fingerprint density at radius 3 is 2.45 bits per heavy atom. The average molecular weight is 427 g/mol. The number of hydrogen-bond acceptors (Lipinski definition) is 5. The molecule has 0 saturated carbocycles. The van der Waals surface area contributed by atoms with E-state index in [9.17, 15) is 4.79 Å². The highest BCUT2D eigenvalue weighted by Gasteiger charge is 2.32. The van der Waals surface area contributed by atoms with Gasteiger partial charge in [-0.25, -0.2) is 4.99 Å². The number of hydrogen-bond donors (Lipinski definition) is 0. The van der Waals surface area contributed by atoms with Gasteiger partial charge in [-0.2, -0.15) is 0 Å². The second-order valence-corrected chi connectivity index (χ2v) is 8.53. The zero-order chi connectivity index (χ0) is 20.6. The van der Waals surface area contributed by atoms with Crippen molar-refractivity contribution in [3.63, 3.8) is 0 Å². The minimum atomic E-state index is 0.0345. The van der Waals surface area contributed by atoms with E-state index in [2.05, 4.69) is 25.3 Å². The number of amides is 1. The van der Waals surface area contributed by atoms with Gasteiger partial charge in [-0.15, -0.1) is 11.8 Å². The van der Waals surface area contributed by atoms with Crippen molar-refractivity contribution >= 4 is 46.4 Å². The van der Waals surface area contributed by atoms with Gasteiger partial charge in [0.05, 0.1) is 17.7 Å². The van der Waals surface area contributed by atoms with E-state index in [-0.39, 0.29) is 5.91 Å². The summed E-state index contributed by atoms with van der Waals surface area (Å²) in [5.74, 6) is 0.825. The molecule has 1 aliphatic heterocycles. The smallest absolute Gasteiger partial charge is 0.266 e. The van der Waals surface area contributed by atoms with Crippen molar-refractivity contribution in [3.8, 4) is 5.75 Å². The molecule has 1 fully saturated rings. The Morgan fingerprint density at radius 1 is 1.10 bits per heavy atom. The zero-order valence-corrected chi connectivity index (χ0v) is 18.7. The number of ether oxygens (including phenoxy) is 1. The number of carbonyl (C=O) groups is 1. The fourth-order valence-electron chi connectivity index (χ4n) is 2.93. The lowest BCUT2D eigenvalue weighted by Crippen LogP contribution is -2.30. The maximum absolute atomic E-state index is 13.1. The molecule has 29 heavy (non-hydrogen) atoms. The van der Waals surface area contributed by atoms with Crippen LogP contribution in [0, 0.1) is 0 Å². The van der Waals surface area contributed by atoms with Crippen LogP contribution in [0.25, 0.3) is 6.08 Å². The quantitative estimate of drug-likeness (QED) is 0.286. The number of thioether (sulfide) groups is 2. The molecule has 1 saturated heterocycles. The number of unbranched alkanes of at least 4 members (excludes halogenated alkanes) is 2. The summed E-state index contributed by atoms with van der Waals surface area (Å²) < 4.78 is 5.21. The number of rotatable bonds is 8. The van der Waals surface area contributed by atoms with Gasteiger partial charge in [-0.1, -0.05) is 31.9 Å². The van der Waals surface area contributed by atoms with Crippen molar-refractivity contribution in [1.29, 1.82) is 0 Å². The Morgan fingerprint density at radius 2 is 1.83 bits per heavy atom. The molecule has 0 aliphatic carbocycles. The number of aliphatic imine (C=N–C) groups is 1. The molecule has 152 valence electrons. The van der Waals surface area contributed by atoms with E-state index in [0.717, 1.165) is 41.4 Å². The van der Waals surface area contributed by atoms with Crippen molar-refractivity contribution in [2.75, 3.05) is 19.9 Å². The van der Waals surface area contributed by atoms with Gasteiger partial charge in [0, 0.05) is 11.4 Å². The molecule has 1 heterocycles. The van der Waals surface area contributed by atoms with Crippen LogP contribution in [-0.2, 0) is 4.79 Å². The van der Waals surface area contributed by atoms with Crippen LogP contribution in [-0.4, -0.2) is 35.9 Å². The molecule has 6 heteroatoms. The van der Waals surface area contributed by atoms with Crippen LogP contribution in [0.15, 0.2) is 63.3 Å². The van der Waals surface area contributed by atoms with E-state index < -0.39 is 0 Å². The summed E-state index contributed by atoms with van der Waals surface area (Å²) in [4.78, 5) is 21.5. The minimum Gasteiger partial charge on any atom is -0.497 e. The first-order valence-corrected chi connectivity index (χ1v) is 11.8. The standard InChI is InChI=1S/C23H26N2O2S2/c1-4-5-6-15-25-22(26)21(16-17-7-13-20(28-3)14-8-17)29-23(25)24-18-9-11-19(27-2)12-10-18/h7-14,16H,4-6,15H2,1-3H3/b21-16+,24-23?. The van der Waals surface area contributed by atoms with Gasteiger partial charge < -0.3 is 4.74 Å². The van der Waals surface area contributed by atoms with Gasteiger partial charge in [-0.3, -0.25) is 9.69 Å². The Kier molecular flexibility index (Phi) is 7.83. The molecular weight excluding hydrogens is 400 g/mol. The Bertz CT molecular complexity index is 890. The molecule has 0 radical (unpaired) electrons. The number of carbonyl (C=O) groups excluding carboxylic acids is 1. The van der Waals surface area contributed by atoms with Gasteiger partial charge in [0.15, 0.2) is 5.17 Å². The van der Waals surface area contributed by atoms with Crippen LogP contribution in [0.5, 0.6) is 5.75 Å². The van der Waals surface area contributed by atoms with Crippen LogP contribution >= 0.6 is 23.5 Å². The topological polar surface area (TPSA) is 41.9 Å². The Balaban J connectivity index is 1.86. The van der Waals surface area contributed by atoms with Crippen LogP contribution in [0.4, 0.5) is 5.69 Å². The highest BCUT2D eigenvalue weighted by atomic mass is 32.2. The van der Waals surface area contributed by atoms with Crippen molar-refractivity contribution in [2.24, 2.45) is 4.99 Å². The zero-order valence-electron chi connectivity index (χ0n) is 17.1. The van der Waals surface area contributed by atoms with Crippen LogP contribution < -0.4 is 4.74 Å². The van der Waals surface area contributed by atoms with Crippen molar-refractivity contribution in [1.82, 2.24) is 4.90 Å². The lowest BCUT2D eigenvalue weighted by molar-refractivity contribution is -0.122. The van der Waals surface area contributed by atoms with Gasteiger partial charge in [0.2, 0.25) is 0 Å². The maximum atomic E-state index is 13.1. The number of benzene rings is 2. The third kappa shape index (κ3) is 5.67. The van der Waals surface area contributed by atoms with Gasteiger partial charge in [0.1, 0.15) is 5.75 Å². The normalized spacial score (nSPS) is 16.8. The largest absolute Gasteiger partial charge is 0.497 e. The van der Waals surface area contributed by atoms with E-state index in [1.807, 2.05) is 47.4 Å². The molecule has 2 aromatic rings. The molecule has 1 amide bonds. The van der Waals surface area contributed by atoms with Crippen LogP contribution in [0.3, 0.4) is 0 Å². The molecule has 1 aliphatic rings. The molecule has 4 nitrogen and oxygen atoms in total. The van der Waals surface area contributed by atoms with Gasteiger partial charge in [-0.05, 0) is 72.5 Å². The highest BCUT2D eigenvalue weighted by Crippen LogP contribution is 2.35. The van der Waals surface area contributed by atoms with Gasteiger partial charge in [0.25, 0.3) is 5.91 Å². The number of nitrogens with zero attached hydrogens (tertiary/aromatic N) is 2. The maximum Gasteiger partial charge on any atom is 0.266 e. The molecule has 0 bridgehead atoms.